The number of aryl methyl sites for hydroxylation is 1. The number of sulfonamides is 1. The molecule has 1 saturated heterocycles. The smallest absolute Gasteiger partial charge is 0.390 e. The second-order valence-electron chi connectivity index (χ2n) is 8.35. The molecule has 1 fully saturated rings. The lowest BCUT2D eigenvalue weighted by molar-refractivity contribution is -0.137. The number of aromatic nitrogens is 3. The third-order valence-corrected chi connectivity index (χ3v) is 7.73. The maximum absolute atomic E-state index is 13.1. The standard InChI is InChI=1S/C22H23F3N6O4S/c1-30-11-17(29-21(30)20(26)33)13-2-5-15(6-3-13)36(34,35)31-9-8-16(18(32)12-31)28-19-7-4-14(10-27-19)22(23,24)25/h2-7,10-11,16,18,32H,8-9,12H2,1H3,(H2,26,33)(H,27,28)/t16-,18+/m1/s1. The summed E-state index contributed by atoms with van der Waals surface area (Å²) in [6.07, 6.45) is -3.11. The number of pyridine rings is 1. The Morgan fingerprint density at radius 2 is 1.89 bits per heavy atom. The van der Waals surface area contributed by atoms with Gasteiger partial charge in [0.05, 0.1) is 28.3 Å². The van der Waals surface area contributed by atoms with E-state index in [1.165, 1.54) is 16.7 Å². The van der Waals surface area contributed by atoms with E-state index >= 15 is 0 Å². The van der Waals surface area contributed by atoms with Crippen molar-refractivity contribution in [3.63, 3.8) is 0 Å². The molecule has 1 aromatic carbocycles. The molecule has 4 N–H and O–H groups in total. The molecular weight excluding hydrogens is 501 g/mol. The fourth-order valence-corrected chi connectivity index (χ4v) is 5.38. The van der Waals surface area contributed by atoms with Crippen LogP contribution in [0.15, 0.2) is 53.7 Å². The number of amides is 1. The van der Waals surface area contributed by atoms with E-state index in [9.17, 15) is 31.5 Å². The summed E-state index contributed by atoms with van der Waals surface area (Å²) in [6.45, 7) is -0.119. The van der Waals surface area contributed by atoms with Gasteiger partial charge in [-0.2, -0.15) is 17.5 Å². The topological polar surface area (TPSA) is 143 Å². The van der Waals surface area contributed by atoms with Gasteiger partial charge in [0.1, 0.15) is 5.82 Å². The van der Waals surface area contributed by atoms with Crippen molar-refractivity contribution in [3.8, 4) is 11.3 Å². The highest BCUT2D eigenvalue weighted by molar-refractivity contribution is 7.89. The van der Waals surface area contributed by atoms with Crippen LogP contribution < -0.4 is 11.1 Å². The minimum atomic E-state index is -4.51. The second kappa shape index (κ2) is 9.52. The first kappa shape index (κ1) is 25.6. The number of nitrogens with one attached hydrogen (secondary N) is 1. The molecule has 4 rings (SSSR count). The zero-order chi connectivity index (χ0) is 26.3. The van der Waals surface area contributed by atoms with Crippen LogP contribution >= 0.6 is 0 Å². The number of alkyl halides is 3. The van der Waals surface area contributed by atoms with Gasteiger partial charge >= 0.3 is 6.18 Å². The molecule has 36 heavy (non-hydrogen) atoms. The van der Waals surface area contributed by atoms with E-state index < -0.39 is 39.8 Å². The molecule has 0 aliphatic carbocycles. The minimum Gasteiger partial charge on any atom is -0.390 e. The van der Waals surface area contributed by atoms with E-state index in [1.54, 1.807) is 25.4 Å². The normalized spacial score (nSPS) is 19.2. The number of halogens is 3. The Balaban J connectivity index is 1.42. The van der Waals surface area contributed by atoms with Crippen molar-refractivity contribution in [1.29, 1.82) is 0 Å². The summed E-state index contributed by atoms with van der Waals surface area (Å²) in [4.78, 5) is 19.3. The Morgan fingerprint density at radius 1 is 1.19 bits per heavy atom. The largest absolute Gasteiger partial charge is 0.417 e. The molecule has 0 saturated carbocycles. The molecule has 0 spiro atoms. The van der Waals surface area contributed by atoms with Gasteiger partial charge in [0.2, 0.25) is 10.0 Å². The summed E-state index contributed by atoms with van der Waals surface area (Å²) in [5.41, 5.74) is 5.43. The van der Waals surface area contributed by atoms with Crippen LogP contribution in [0.5, 0.6) is 0 Å². The maximum atomic E-state index is 13.1. The molecule has 2 aromatic heterocycles. The van der Waals surface area contributed by atoms with Crippen molar-refractivity contribution < 1.29 is 31.5 Å². The zero-order valence-electron chi connectivity index (χ0n) is 19.0. The summed E-state index contributed by atoms with van der Waals surface area (Å²) in [6, 6.07) is 7.38. The van der Waals surface area contributed by atoms with E-state index in [2.05, 4.69) is 15.3 Å². The zero-order valence-corrected chi connectivity index (χ0v) is 19.8. The summed E-state index contributed by atoms with van der Waals surface area (Å²) in [5, 5.41) is 13.4. The average molecular weight is 525 g/mol. The van der Waals surface area contributed by atoms with E-state index in [-0.39, 0.29) is 36.0 Å². The highest BCUT2D eigenvalue weighted by atomic mass is 32.2. The first-order valence-corrected chi connectivity index (χ1v) is 12.2. The molecule has 1 aliphatic rings. The molecule has 10 nitrogen and oxygen atoms in total. The molecular formula is C22H23F3N6O4S. The molecule has 0 unspecified atom stereocenters. The summed E-state index contributed by atoms with van der Waals surface area (Å²) >= 11 is 0. The number of imidazole rings is 1. The van der Waals surface area contributed by atoms with Crippen LogP contribution in [-0.4, -0.2) is 63.5 Å². The molecule has 192 valence electrons. The van der Waals surface area contributed by atoms with E-state index in [0.717, 1.165) is 16.4 Å². The lowest BCUT2D eigenvalue weighted by Crippen LogP contribution is -2.51. The number of rotatable bonds is 6. The van der Waals surface area contributed by atoms with Crippen LogP contribution in [0.25, 0.3) is 11.3 Å². The number of aliphatic hydroxyl groups excluding tert-OH is 1. The van der Waals surface area contributed by atoms with Crippen LogP contribution in [-0.2, 0) is 23.2 Å². The van der Waals surface area contributed by atoms with Gasteiger partial charge in [-0.05, 0) is 30.7 Å². The lowest BCUT2D eigenvalue weighted by atomic mass is 10.0. The van der Waals surface area contributed by atoms with Gasteiger partial charge in [0, 0.05) is 38.1 Å². The molecule has 1 amide bonds. The van der Waals surface area contributed by atoms with Gasteiger partial charge in [-0.25, -0.2) is 18.4 Å². The van der Waals surface area contributed by atoms with Crippen molar-refractivity contribution in [2.75, 3.05) is 18.4 Å². The fraction of sp³-hybridized carbons (Fsp3) is 0.318. The monoisotopic (exact) mass is 524 g/mol. The number of aliphatic hydroxyl groups is 1. The van der Waals surface area contributed by atoms with Gasteiger partial charge in [-0.3, -0.25) is 4.79 Å². The predicted molar refractivity (Wildman–Crippen MR) is 123 cm³/mol. The van der Waals surface area contributed by atoms with E-state index in [0.29, 0.717) is 17.5 Å². The van der Waals surface area contributed by atoms with Gasteiger partial charge in [0.15, 0.2) is 5.82 Å². The van der Waals surface area contributed by atoms with Crippen molar-refractivity contribution >= 4 is 21.7 Å². The van der Waals surface area contributed by atoms with E-state index in [4.69, 9.17) is 5.73 Å². The van der Waals surface area contributed by atoms with Crippen molar-refractivity contribution in [2.45, 2.75) is 29.6 Å². The number of carbonyl (C=O) groups is 1. The van der Waals surface area contributed by atoms with E-state index in [1.807, 2.05) is 0 Å². The number of hydrogen-bond acceptors (Lipinski definition) is 7. The number of piperidine rings is 1. The van der Waals surface area contributed by atoms with Crippen molar-refractivity contribution in [1.82, 2.24) is 18.8 Å². The Hall–Kier alpha value is -3.49. The Bertz CT molecular complexity index is 1360. The molecule has 2 atom stereocenters. The Kier molecular flexibility index (Phi) is 6.77. The second-order valence-corrected chi connectivity index (χ2v) is 10.3. The number of benzene rings is 1. The molecule has 3 aromatic rings. The maximum Gasteiger partial charge on any atom is 0.417 e. The number of carbonyl (C=O) groups excluding carboxylic acids is 1. The summed E-state index contributed by atoms with van der Waals surface area (Å²) < 4.78 is 67.0. The number of anilines is 1. The highest BCUT2D eigenvalue weighted by Gasteiger charge is 2.35. The number of nitrogens with two attached hydrogens (primary N) is 1. The third kappa shape index (κ3) is 5.20. The summed E-state index contributed by atoms with van der Waals surface area (Å²) in [5.74, 6) is -0.472. The Labute approximate surface area is 204 Å². The number of β-amino-alcohol motifs (C(OH)–C–C–N with tert-alkyl or cyclic N) is 1. The lowest BCUT2D eigenvalue weighted by Gasteiger charge is -2.35. The van der Waals surface area contributed by atoms with Crippen LogP contribution in [0.4, 0.5) is 19.0 Å². The first-order chi connectivity index (χ1) is 16.9. The van der Waals surface area contributed by atoms with Crippen molar-refractivity contribution in [2.24, 2.45) is 12.8 Å². The SMILES string of the molecule is Cn1cc(-c2ccc(S(=O)(=O)N3CC[C@@H](Nc4ccc(C(F)(F)F)cn4)[C@@H](O)C3)cc2)nc1C(N)=O. The molecule has 14 heteroatoms. The van der Waals surface area contributed by atoms with Crippen molar-refractivity contribution in [3.05, 3.63) is 60.2 Å². The first-order valence-electron chi connectivity index (χ1n) is 10.8. The predicted octanol–water partition coefficient (Wildman–Crippen LogP) is 1.84. The van der Waals surface area contributed by atoms with Crippen LogP contribution in [0.2, 0.25) is 0 Å². The van der Waals surface area contributed by atoms with Gasteiger partial charge in [0.25, 0.3) is 5.91 Å². The number of primary amides is 1. The molecule has 0 radical (unpaired) electrons. The van der Waals surface area contributed by atoms with Crippen LogP contribution in [0, 0.1) is 0 Å². The van der Waals surface area contributed by atoms with Gasteiger partial charge in [-0.1, -0.05) is 12.1 Å². The van der Waals surface area contributed by atoms with Gasteiger partial charge in [-0.15, -0.1) is 0 Å². The Morgan fingerprint density at radius 3 is 2.42 bits per heavy atom. The number of nitrogens with zero attached hydrogens (tertiary/aromatic N) is 4. The van der Waals surface area contributed by atoms with Crippen LogP contribution in [0.1, 0.15) is 22.6 Å². The molecule has 3 heterocycles. The average Bonchev–Trinajstić information content (AvgIpc) is 3.22. The summed E-state index contributed by atoms with van der Waals surface area (Å²) in [7, 11) is -2.31. The highest BCUT2D eigenvalue weighted by Crippen LogP contribution is 2.30. The third-order valence-electron chi connectivity index (χ3n) is 5.85. The minimum absolute atomic E-state index is 0.0142. The van der Waals surface area contributed by atoms with Crippen LogP contribution in [0.3, 0.4) is 0 Å². The van der Waals surface area contributed by atoms with Gasteiger partial charge < -0.3 is 20.7 Å². The fourth-order valence-electron chi connectivity index (χ4n) is 3.91. The number of hydrogen-bond donors (Lipinski definition) is 3. The molecule has 0 bridgehead atoms. The quantitative estimate of drug-likeness (QED) is 0.446. The molecule has 1 aliphatic heterocycles.